The van der Waals surface area contributed by atoms with E-state index in [0.717, 1.165) is 32.8 Å². The van der Waals surface area contributed by atoms with Gasteiger partial charge < -0.3 is 10.6 Å². The zero-order valence-corrected chi connectivity index (χ0v) is 18.7. The van der Waals surface area contributed by atoms with Gasteiger partial charge in [-0.05, 0) is 77.7 Å². The van der Waals surface area contributed by atoms with Crippen molar-refractivity contribution in [2.45, 2.75) is 35.7 Å². The number of aromatic nitrogens is 1. The summed E-state index contributed by atoms with van der Waals surface area (Å²) in [5.41, 5.74) is 2.63. The summed E-state index contributed by atoms with van der Waals surface area (Å²) in [5, 5.41) is 6.74. The van der Waals surface area contributed by atoms with Gasteiger partial charge in [0, 0.05) is 32.9 Å². The number of hydrogen-bond donors (Lipinski definition) is 2. The van der Waals surface area contributed by atoms with Crippen molar-refractivity contribution in [2.24, 2.45) is 0 Å². The number of benzene rings is 2. The van der Waals surface area contributed by atoms with Crippen LogP contribution in [0.1, 0.15) is 39.1 Å². The van der Waals surface area contributed by atoms with Crippen LogP contribution in [0, 0.1) is 6.92 Å². The van der Waals surface area contributed by atoms with Gasteiger partial charge in [0.05, 0.1) is 5.56 Å². The van der Waals surface area contributed by atoms with Gasteiger partial charge in [-0.3, -0.25) is 9.59 Å². The summed E-state index contributed by atoms with van der Waals surface area (Å²) in [6.45, 7) is 1.91. The first-order valence-electron chi connectivity index (χ1n) is 9.61. The van der Waals surface area contributed by atoms with Crippen LogP contribution in [0.25, 0.3) is 0 Å². The number of nitrogens with one attached hydrogen (secondary N) is 2. The van der Waals surface area contributed by atoms with E-state index in [1.165, 1.54) is 11.8 Å². The molecule has 2 amide bonds. The summed E-state index contributed by atoms with van der Waals surface area (Å²) in [4.78, 5) is 30.6. The minimum atomic E-state index is -0.224. The fraction of sp³-hybridized carbons (Fsp3) is 0.174. The zero-order chi connectivity index (χ0) is 21.1. The van der Waals surface area contributed by atoms with Gasteiger partial charge in [0.15, 0.2) is 0 Å². The quantitative estimate of drug-likeness (QED) is 0.490. The number of hydrogen-bond acceptors (Lipinski definition) is 4. The molecule has 1 aliphatic carbocycles. The van der Waals surface area contributed by atoms with Crippen molar-refractivity contribution in [3.63, 3.8) is 0 Å². The molecule has 30 heavy (non-hydrogen) atoms. The molecule has 0 saturated heterocycles. The summed E-state index contributed by atoms with van der Waals surface area (Å²) in [5.74, 6) is -0.330. The third kappa shape index (κ3) is 5.09. The lowest BCUT2D eigenvalue weighted by Gasteiger charge is -2.13. The van der Waals surface area contributed by atoms with Crippen molar-refractivity contribution in [2.75, 3.05) is 5.32 Å². The van der Waals surface area contributed by atoms with Crippen LogP contribution in [0.3, 0.4) is 0 Å². The average Bonchev–Trinajstić information content (AvgIpc) is 3.55. The Morgan fingerprint density at radius 1 is 1.07 bits per heavy atom. The monoisotopic (exact) mass is 481 g/mol. The molecule has 1 saturated carbocycles. The lowest BCUT2D eigenvalue weighted by molar-refractivity contribution is 0.0949. The number of amides is 2. The van der Waals surface area contributed by atoms with E-state index >= 15 is 0 Å². The molecular formula is C23H20BrN3O2S. The van der Waals surface area contributed by atoms with Crippen molar-refractivity contribution in [3.8, 4) is 0 Å². The summed E-state index contributed by atoms with van der Waals surface area (Å²) in [7, 11) is 0. The van der Waals surface area contributed by atoms with E-state index in [-0.39, 0.29) is 17.9 Å². The molecule has 0 bridgehead atoms. The zero-order valence-electron chi connectivity index (χ0n) is 16.3. The predicted molar refractivity (Wildman–Crippen MR) is 122 cm³/mol. The molecule has 0 radical (unpaired) electrons. The fourth-order valence-corrected chi connectivity index (χ4v) is 3.98. The number of nitrogens with zero attached hydrogens (tertiary/aromatic N) is 1. The smallest absolute Gasteiger partial charge is 0.256 e. The van der Waals surface area contributed by atoms with Crippen LogP contribution >= 0.6 is 27.7 Å². The molecule has 152 valence electrons. The molecule has 1 aromatic heterocycles. The van der Waals surface area contributed by atoms with E-state index in [4.69, 9.17) is 0 Å². The third-order valence-electron chi connectivity index (χ3n) is 4.71. The van der Waals surface area contributed by atoms with Crippen molar-refractivity contribution >= 4 is 45.2 Å². The van der Waals surface area contributed by atoms with Gasteiger partial charge in [-0.2, -0.15) is 0 Å². The maximum atomic E-state index is 13.0. The number of halogens is 1. The molecule has 7 heteroatoms. The number of rotatable bonds is 6. The molecule has 0 spiro atoms. The van der Waals surface area contributed by atoms with Crippen molar-refractivity contribution in [1.29, 1.82) is 0 Å². The van der Waals surface area contributed by atoms with Crippen molar-refractivity contribution < 1.29 is 9.59 Å². The van der Waals surface area contributed by atoms with Crippen LogP contribution in [-0.2, 0) is 0 Å². The summed E-state index contributed by atoms with van der Waals surface area (Å²) in [6, 6.07) is 16.9. The SMILES string of the molecule is Cc1ccc(C(=O)NC2CC2)cc1NC(=O)c1ccccc1Sc1ccc(Br)cn1. The Morgan fingerprint density at radius 3 is 2.60 bits per heavy atom. The summed E-state index contributed by atoms with van der Waals surface area (Å²) in [6.07, 6.45) is 3.79. The molecular weight excluding hydrogens is 462 g/mol. The van der Waals surface area contributed by atoms with Crippen molar-refractivity contribution in [3.05, 3.63) is 82.0 Å². The number of anilines is 1. The minimum Gasteiger partial charge on any atom is -0.349 e. The highest BCUT2D eigenvalue weighted by Crippen LogP contribution is 2.30. The fourth-order valence-electron chi connectivity index (χ4n) is 2.86. The van der Waals surface area contributed by atoms with Crippen LogP contribution in [-0.4, -0.2) is 22.8 Å². The molecule has 0 atom stereocenters. The van der Waals surface area contributed by atoms with E-state index in [2.05, 4.69) is 31.5 Å². The number of pyridine rings is 1. The molecule has 1 aliphatic rings. The van der Waals surface area contributed by atoms with Crippen LogP contribution in [0.2, 0.25) is 0 Å². The normalized spacial score (nSPS) is 13.0. The molecule has 1 fully saturated rings. The first-order chi connectivity index (χ1) is 14.5. The van der Waals surface area contributed by atoms with Gasteiger partial charge >= 0.3 is 0 Å². The molecule has 4 rings (SSSR count). The highest BCUT2D eigenvalue weighted by Gasteiger charge is 2.24. The Kier molecular flexibility index (Phi) is 6.20. The van der Waals surface area contributed by atoms with Gasteiger partial charge in [0.25, 0.3) is 11.8 Å². The molecule has 0 unspecified atom stereocenters. The Bertz CT molecular complexity index is 1100. The molecule has 1 heterocycles. The Hall–Kier alpha value is -2.64. The largest absolute Gasteiger partial charge is 0.349 e. The van der Waals surface area contributed by atoms with E-state index < -0.39 is 0 Å². The van der Waals surface area contributed by atoms with Crippen molar-refractivity contribution in [1.82, 2.24) is 10.3 Å². The third-order valence-corrected chi connectivity index (χ3v) is 6.20. The van der Waals surface area contributed by atoms with Crippen LogP contribution in [0.5, 0.6) is 0 Å². The Balaban J connectivity index is 1.54. The second kappa shape index (κ2) is 9.02. The lowest BCUT2D eigenvalue weighted by Crippen LogP contribution is -2.25. The standard InChI is InChI=1S/C23H20BrN3O2S/c1-14-6-7-15(22(28)26-17-9-10-17)12-19(14)27-23(29)18-4-2-3-5-20(18)30-21-11-8-16(24)13-25-21/h2-8,11-13,17H,9-10H2,1H3,(H,26,28)(H,27,29). The summed E-state index contributed by atoms with van der Waals surface area (Å²) >= 11 is 4.81. The van der Waals surface area contributed by atoms with E-state index in [9.17, 15) is 9.59 Å². The average molecular weight is 482 g/mol. The van der Waals surface area contributed by atoms with Gasteiger partial charge in [-0.25, -0.2) is 4.98 Å². The highest BCUT2D eigenvalue weighted by atomic mass is 79.9. The highest BCUT2D eigenvalue weighted by molar-refractivity contribution is 9.10. The Labute approximate surface area is 187 Å². The first-order valence-corrected chi connectivity index (χ1v) is 11.2. The van der Waals surface area contributed by atoms with Gasteiger partial charge in [0.2, 0.25) is 0 Å². The predicted octanol–water partition coefficient (Wildman–Crippen LogP) is 5.45. The molecule has 5 nitrogen and oxygen atoms in total. The lowest BCUT2D eigenvalue weighted by atomic mass is 10.1. The van der Waals surface area contributed by atoms with E-state index in [1.807, 2.05) is 43.3 Å². The van der Waals surface area contributed by atoms with Gasteiger partial charge in [-0.15, -0.1) is 0 Å². The number of carbonyl (C=O) groups is 2. The van der Waals surface area contributed by atoms with Gasteiger partial charge in [0.1, 0.15) is 5.03 Å². The molecule has 0 aliphatic heterocycles. The first kappa shape index (κ1) is 20.6. The second-order valence-corrected chi connectivity index (χ2v) is 9.12. The molecule has 2 aromatic carbocycles. The number of aryl methyl sites for hydroxylation is 1. The maximum Gasteiger partial charge on any atom is 0.256 e. The topological polar surface area (TPSA) is 71.1 Å². The van der Waals surface area contributed by atoms with Crippen LogP contribution in [0.4, 0.5) is 5.69 Å². The maximum absolute atomic E-state index is 13.0. The molecule has 3 aromatic rings. The van der Waals surface area contributed by atoms with E-state index in [1.54, 1.807) is 24.4 Å². The molecule has 2 N–H and O–H groups in total. The summed E-state index contributed by atoms with van der Waals surface area (Å²) < 4.78 is 0.902. The Morgan fingerprint density at radius 2 is 1.87 bits per heavy atom. The minimum absolute atomic E-state index is 0.106. The second-order valence-electron chi connectivity index (χ2n) is 7.14. The van der Waals surface area contributed by atoms with Gasteiger partial charge in [-0.1, -0.05) is 30.0 Å². The van der Waals surface area contributed by atoms with Crippen LogP contribution in [0.15, 0.2) is 75.2 Å². The number of carbonyl (C=O) groups excluding carboxylic acids is 2. The van der Waals surface area contributed by atoms with Crippen LogP contribution < -0.4 is 10.6 Å². The van der Waals surface area contributed by atoms with E-state index in [0.29, 0.717) is 16.8 Å².